The van der Waals surface area contributed by atoms with E-state index in [2.05, 4.69) is 0 Å². The molecule has 82 valence electrons. The number of carbonyl (C=O) groups is 2. The van der Waals surface area contributed by atoms with Gasteiger partial charge >= 0.3 is 11.9 Å². The number of halogens is 1. The molecule has 4 fully saturated rings. The number of esters is 1. The summed E-state index contributed by atoms with van der Waals surface area (Å²) in [6.07, 6.45) is 1.44. The van der Waals surface area contributed by atoms with Crippen LogP contribution in [-0.2, 0) is 14.3 Å². The minimum Gasteiger partial charge on any atom is -0.481 e. The van der Waals surface area contributed by atoms with Crippen LogP contribution >= 0.6 is 11.6 Å². The van der Waals surface area contributed by atoms with E-state index in [1.165, 1.54) is 0 Å². The van der Waals surface area contributed by atoms with Gasteiger partial charge in [0.1, 0.15) is 6.10 Å². The van der Waals surface area contributed by atoms with E-state index in [9.17, 15) is 9.59 Å². The number of fused-ring (bicyclic) bond motifs is 1. The smallest absolute Gasteiger partial charge is 0.310 e. The van der Waals surface area contributed by atoms with Gasteiger partial charge in [-0.15, -0.1) is 11.6 Å². The molecule has 0 amide bonds. The van der Waals surface area contributed by atoms with Crippen molar-refractivity contribution in [3.05, 3.63) is 0 Å². The van der Waals surface area contributed by atoms with Crippen LogP contribution in [0.1, 0.15) is 12.8 Å². The van der Waals surface area contributed by atoms with Crippen LogP contribution in [0.2, 0.25) is 0 Å². The molecule has 4 rings (SSSR count). The van der Waals surface area contributed by atoms with Gasteiger partial charge in [0, 0.05) is 5.92 Å². The van der Waals surface area contributed by atoms with Crippen molar-refractivity contribution >= 4 is 23.5 Å². The number of hydrogen-bond acceptors (Lipinski definition) is 3. The summed E-state index contributed by atoms with van der Waals surface area (Å²) in [5.74, 6) is -2.40. The Morgan fingerprint density at radius 2 is 2.07 bits per heavy atom. The highest BCUT2D eigenvalue weighted by atomic mass is 35.5. The van der Waals surface area contributed by atoms with Crippen LogP contribution in [0.5, 0.6) is 0 Å². The Kier molecular flexibility index (Phi) is 1.81. The van der Waals surface area contributed by atoms with Crippen molar-refractivity contribution in [3.63, 3.8) is 0 Å². The summed E-state index contributed by atoms with van der Waals surface area (Å²) in [6, 6.07) is 0. The van der Waals surface area contributed by atoms with Crippen LogP contribution in [0.3, 0.4) is 0 Å². The van der Waals surface area contributed by atoms with Crippen LogP contribution in [0.4, 0.5) is 0 Å². The Hall–Kier alpha value is -0.770. The highest BCUT2D eigenvalue weighted by molar-refractivity contribution is 6.22. The van der Waals surface area contributed by atoms with E-state index in [1.54, 1.807) is 0 Å². The first kappa shape index (κ1) is 9.46. The lowest BCUT2D eigenvalue weighted by molar-refractivity contribution is -0.154. The molecule has 4 aliphatic rings. The standard InChI is InChI=1S/C10H11ClO4/c11-7-3-1-2-4-6(5(3)9(12)13)10(14)15-8(4)7/h3-8H,1-2H2,(H,12,13)/t3-,4+,5+,6+,7+,8-/m0/s1. The number of alkyl halides is 1. The average Bonchev–Trinajstić information content (AvgIpc) is 2.49. The molecule has 1 aliphatic heterocycles. The van der Waals surface area contributed by atoms with Gasteiger partial charge in [-0.25, -0.2) is 0 Å². The summed E-state index contributed by atoms with van der Waals surface area (Å²) < 4.78 is 5.18. The minimum absolute atomic E-state index is 0.0334. The Bertz CT molecular complexity index is 342. The number of aliphatic carboxylic acids is 1. The molecule has 0 aromatic carbocycles. The highest BCUT2D eigenvalue weighted by Crippen LogP contribution is 2.55. The van der Waals surface area contributed by atoms with Gasteiger partial charge in [-0.3, -0.25) is 9.59 Å². The summed E-state index contributed by atoms with van der Waals surface area (Å²) in [6.45, 7) is 0. The summed E-state index contributed by atoms with van der Waals surface area (Å²) in [5.41, 5.74) is 0. The molecule has 1 N–H and O–H groups in total. The molecular weight excluding hydrogens is 220 g/mol. The van der Waals surface area contributed by atoms with Gasteiger partial charge in [0.05, 0.1) is 17.2 Å². The molecule has 3 saturated carbocycles. The van der Waals surface area contributed by atoms with Gasteiger partial charge in [-0.1, -0.05) is 0 Å². The van der Waals surface area contributed by atoms with Crippen molar-refractivity contribution in [2.24, 2.45) is 23.7 Å². The minimum atomic E-state index is -0.905. The zero-order valence-electron chi connectivity index (χ0n) is 7.93. The molecule has 1 heterocycles. The molecule has 4 nitrogen and oxygen atoms in total. The predicted octanol–water partition coefficient (Wildman–Crippen LogP) is 0.876. The summed E-state index contributed by atoms with van der Waals surface area (Å²) in [5, 5.41) is 8.84. The molecule has 5 heteroatoms. The molecule has 3 aliphatic carbocycles. The number of rotatable bonds is 1. The molecule has 0 unspecified atom stereocenters. The molecule has 0 radical (unpaired) electrons. The Morgan fingerprint density at radius 3 is 2.73 bits per heavy atom. The molecular formula is C10H11ClO4. The zero-order valence-corrected chi connectivity index (χ0v) is 8.68. The van der Waals surface area contributed by atoms with Gasteiger partial charge in [0.25, 0.3) is 0 Å². The van der Waals surface area contributed by atoms with E-state index in [4.69, 9.17) is 21.4 Å². The molecule has 0 aromatic heterocycles. The monoisotopic (exact) mass is 230 g/mol. The number of carboxylic acids is 1. The molecule has 4 bridgehead atoms. The van der Waals surface area contributed by atoms with Crippen LogP contribution in [0.25, 0.3) is 0 Å². The summed E-state index contributed by atoms with van der Waals surface area (Å²) >= 11 is 6.17. The quantitative estimate of drug-likeness (QED) is 0.537. The Labute approximate surface area is 91.5 Å². The fraction of sp³-hybridized carbons (Fsp3) is 0.800. The Balaban J connectivity index is 2.05. The fourth-order valence-corrected chi connectivity index (χ4v) is 4.03. The maximum Gasteiger partial charge on any atom is 0.310 e. The van der Waals surface area contributed by atoms with Crippen LogP contribution in [-0.4, -0.2) is 28.5 Å². The molecule has 0 spiro atoms. The lowest BCUT2D eigenvalue weighted by atomic mass is 9.58. The number of hydrogen-bond donors (Lipinski definition) is 1. The predicted molar refractivity (Wildman–Crippen MR) is 50.4 cm³/mol. The largest absolute Gasteiger partial charge is 0.481 e. The van der Waals surface area contributed by atoms with Crippen molar-refractivity contribution in [2.45, 2.75) is 24.3 Å². The molecule has 1 saturated heterocycles. The Morgan fingerprint density at radius 1 is 1.40 bits per heavy atom. The lowest BCUT2D eigenvalue weighted by Gasteiger charge is -2.45. The third-order valence-electron chi connectivity index (χ3n) is 4.10. The van der Waals surface area contributed by atoms with Crippen molar-refractivity contribution in [1.29, 1.82) is 0 Å². The van der Waals surface area contributed by atoms with Crippen LogP contribution < -0.4 is 0 Å². The van der Waals surface area contributed by atoms with Crippen LogP contribution in [0, 0.1) is 23.7 Å². The number of carboxylic acid groups (broad SMARTS) is 1. The van der Waals surface area contributed by atoms with E-state index >= 15 is 0 Å². The second-order valence-electron chi connectivity index (χ2n) is 4.64. The van der Waals surface area contributed by atoms with Gasteiger partial charge in [-0.05, 0) is 18.8 Å². The van der Waals surface area contributed by atoms with E-state index in [-0.39, 0.29) is 29.3 Å². The maximum atomic E-state index is 11.6. The van der Waals surface area contributed by atoms with E-state index in [0.717, 1.165) is 12.8 Å². The van der Waals surface area contributed by atoms with Gasteiger partial charge < -0.3 is 9.84 Å². The SMILES string of the molecule is O=C(O)[C@@H]1[C@@H]2CC[C@H]3[C@H](OC(=O)[C@H]31)[C@@H]2Cl. The van der Waals surface area contributed by atoms with E-state index in [1.807, 2.05) is 0 Å². The summed E-state index contributed by atoms with van der Waals surface area (Å²) in [4.78, 5) is 22.7. The lowest BCUT2D eigenvalue weighted by Crippen LogP contribution is -2.53. The average molecular weight is 231 g/mol. The van der Waals surface area contributed by atoms with Gasteiger partial charge in [0.15, 0.2) is 0 Å². The van der Waals surface area contributed by atoms with Crippen molar-refractivity contribution in [3.8, 4) is 0 Å². The van der Waals surface area contributed by atoms with Crippen molar-refractivity contribution < 1.29 is 19.4 Å². The van der Waals surface area contributed by atoms with Gasteiger partial charge in [-0.2, -0.15) is 0 Å². The molecule has 15 heavy (non-hydrogen) atoms. The topological polar surface area (TPSA) is 63.6 Å². The van der Waals surface area contributed by atoms with E-state index in [0.29, 0.717) is 0 Å². The number of ether oxygens (including phenoxy) is 1. The maximum absolute atomic E-state index is 11.6. The first-order valence-electron chi connectivity index (χ1n) is 5.18. The second kappa shape index (κ2) is 2.88. The van der Waals surface area contributed by atoms with E-state index < -0.39 is 17.8 Å². The first-order valence-corrected chi connectivity index (χ1v) is 5.62. The van der Waals surface area contributed by atoms with Crippen molar-refractivity contribution in [2.75, 3.05) is 0 Å². The molecule has 6 atom stereocenters. The third-order valence-corrected chi connectivity index (χ3v) is 4.67. The normalized spacial score (nSPS) is 51.7. The van der Waals surface area contributed by atoms with Gasteiger partial charge in [0.2, 0.25) is 0 Å². The first-order chi connectivity index (χ1) is 7.11. The van der Waals surface area contributed by atoms with Crippen molar-refractivity contribution in [1.82, 2.24) is 0 Å². The highest BCUT2D eigenvalue weighted by Gasteiger charge is 2.64. The fourth-order valence-electron chi connectivity index (χ4n) is 3.51. The van der Waals surface area contributed by atoms with Crippen LogP contribution in [0.15, 0.2) is 0 Å². The molecule has 0 aromatic rings. The zero-order chi connectivity index (χ0) is 10.7. The summed E-state index contributed by atoms with van der Waals surface area (Å²) in [7, 11) is 0. The third kappa shape index (κ3) is 1.03. The number of carbonyl (C=O) groups excluding carboxylic acids is 1. The second-order valence-corrected chi connectivity index (χ2v) is 5.14.